The first-order chi connectivity index (χ1) is 9.17. The molecule has 2 rings (SSSR count). The molecule has 0 aliphatic carbocycles. The van der Waals surface area contributed by atoms with Crippen molar-refractivity contribution < 1.29 is 14.3 Å². The first kappa shape index (κ1) is 13.3. The molecule has 4 nitrogen and oxygen atoms in total. The summed E-state index contributed by atoms with van der Waals surface area (Å²) in [5.74, 6) is 0.614. The van der Waals surface area contributed by atoms with Crippen molar-refractivity contribution in [2.24, 2.45) is 0 Å². The summed E-state index contributed by atoms with van der Waals surface area (Å²) in [6.45, 7) is 4.23. The van der Waals surface area contributed by atoms with E-state index in [1.807, 2.05) is 18.2 Å². The Morgan fingerprint density at radius 2 is 2.21 bits per heavy atom. The first-order valence-corrected chi connectivity index (χ1v) is 6.41. The minimum Gasteiger partial charge on any atom is -0.494 e. The smallest absolute Gasteiger partial charge is 0.227 e. The number of aldehydes is 1. The van der Waals surface area contributed by atoms with Crippen molar-refractivity contribution >= 4 is 23.1 Å². The lowest BCUT2D eigenvalue weighted by atomic mass is 10.2. The molecule has 19 heavy (non-hydrogen) atoms. The average Bonchev–Trinajstić information content (AvgIpc) is 2.77. The molecule has 0 atom stereocenters. The Morgan fingerprint density at radius 3 is 2.84 bits per heavy atom. The van der Waals surface area contributed by atoms with E-state index in [0.29, 0.717) is 12.2 Å². The van der Waals surface area contributed by atoms with Gasteiger partial charge in [-0.25, -0.2) is 0 Å². The van der Waals surface area contributed by atoms with Gasteiger partial charge in [-0.1, -0.05) is 13.3 Å². The highest BCUT2D eigenvalue weighted by molar-refractivity contribution is 6.02. The maximum Gasteiger partial charge on any atom is 0.227 e. The van der Waals surface area contributed by atoms with E-state index in [4.69, 9.17) is 4.74 Å². The minimum absolute atomic E-state index is 0.113. The van der Waals surface area contributed by atoms with Crippen LogP contribution < -0.4 is 4.74 Å². The third-order valence-corrected chi connectivity index (χ3v) is 3.04. The zero-order chi connectivity index (χ0) is 13.8. The number of rotatable bonds is 5. The summed E-state index contributed by atoms with van der Waals surface area (Å²) in [6.07, 6.45) is 4.39. The molecule has 100 valence electrons. The van der Waals surface area contributed by atoms with Gasteiger partial charge in [0.2, 0.25) is 5.91 Å². The summed E-state index contributed by atoms with van der Waals surface area (Å²) in [6, 6.07) is 5.45. The topological polar surface area (TPSA) is 48.3 Å². The summed E-state index contributed by atoms with van der Waals surface area (Å²) >= 11 is 0. The van der Waals surface area contributed by atoms with Gasteiger partial charge in [-0.15, -0.1) is 0 Å². The summed E-state index contributed by atoms with van der Waals surface area (Å²) in [5, 5.41) is 0.749. The largest absolute Gasteiger partial charge is 0.494 e. The minimum atomic E-state index is -0.113. The Morgan fingerprint density at radius 1 is 1.42 bits per heavy atom. The molecule has 0 unspecified atom stereocenters. The molecule has 0 N–H and O–H groups in total. The number of nitrogens with zero attached hydrogens (tertiary/aromatic N) is 1. The SMILES string of the molecule is CCCCOc1ccc2c(c1)c(C=O)cn2C(C)=O. The number of carbonyl (C=O) groups is 2. The van der Waals surface area contributed by atoms with E-state index in [2.05, 4.69) is 6.92 Å². The van der Waals surface area contributed by atoms with E-state index in [9.17, 15) is 9.59 Å². The lowest BCUT2D eigenvalue weighted by Gasteiger charge is -2.06. The van der Waals surface area contributed by atoms with Crippen LogP contribution in [0.2, 0.25) is 0 Å². The second-order valence-corrected chi connectivity index (χ2v) is 4.47. The van der Waals surface area contributed by atoms with Crippen LogP contribution in [0.15, 0.2) is 24.4 Å². The lowest BCUT2D eigenvalue weighted by molar-refractivity contribution is 0.0941. The monoisotopic (exact) mass is 259 g/mol. The van der Waals surface area contributed by atoms with Gasteiger partial charge in [0.1, 0.15) is 5.75 Å². The number of carbonyl (C=O) groups excluding carboxylic acids is 2. The van der Waals surface area contributed by atoms with Crippen molar-refractivity contribution in [3.05, 3.63) is 30.0 Å². The number of benzene rings is 1. The quantitative estimate of drug-likeness (QED) is 0.611. The Bertz CT molecular complexity index is 613. The number of ether oxygens (including phenoxy) is 1. The van der Waals surface area contributed by atoms with Crippen LogP contribution in [0.5, 0.6) is 5.75 Å². The highest BCUT2D eigenvalue weighted by atomic mass is 16.5. The van der Waals surface area contributed by atoms with E-state index >= 15 is 0 Å². The van der Waals surface area contributed by atoms with Crippen molar-refractivity contribution in [2.75, 3.05) is 6.61 Å². The van der Waals surface area contributed by atoms with Crippen LogP contribution in [-0.2, 0) is 0 Å². The van der Waals surface area contributed by atoms with Gasteiger partial charge < -0.3 is 4.74 Å². The Balaban J connectivity index is 2.41. The van der Waals surface area contributed by atoms with Gasteiger partial charge in [0.15, 0.2) is 6.29 Å². The predicted octanol–water partition coefficient (Wildman–Crippen LogP) is 3.29. The fraction of sp³-hybridized carbons (Fsp3) is 0.333. The zero-order valence-corrected chi connectivity index (χ0v) is 11.2. The van der Waals surface area contributed by atoms with Crippen LogP contribution >= 0.6 is 0 Å². The number of fused-ring (bicyclic) bond motifs is 1. The molecule has 1 heterocycles. The van der Waals surface area contributed by atoms with E-state index in [1.54, 1.807) is 6.20 Å². The van der Waals surface area contributed by atoms with E-state index < -0.39 is 0 Å². The van der Waals surface area contributed by atoms with Crippen LogP contribution in [0.3, 0.4) is 0 Å². The molecule has 1 aromatic heterocycles. The maximum absolute atomic E-state index is 11.5. The second kappa shape index (κ2) is 5.69. The molecule has 0 aliphatic heterocycles. The molecule has 0 fully saturated rings. The summed E-state index contributed by atoms with van der Waals surface area (Å²) < 4.78 is 7.09. The number of hydrogen-bond donors (Lipinski definition) is 0. The van der Waals surface area contributed by atoms with Gasteiger partial charge in [0, 0.05) is 24.1 Å². The molecule has 0 bridgehead atoms. The van der Waals surface area contributed by atoms with Gasteiger partial charge in [-0.2, -0.15) is 0 Å². The van der Waals surface area contributed by atoms with Crippen LogP contribution in [0.4, 0.5) is 0 Å². The number of hydrogen-bond acceptors (Lipinski definition) is 3. The van der Waals surface area contributed by atoms with E-state index in [0.717, 1.165) is 35.8 Å². The van der Waals surface area contributed by atoms with Crippen molar-refractivity contribution in [3.63, 3.8) is 0 Å². The molecule has 0 spiro atoms. The highest BCUT2D eigenvalue weighted by Gasteiger charge is 2.11. The standard InChI is InChI=1S/C15H17NO3/c1-3-4-7-19-13-5-6-15-14(8-13)12(10-17)9-16(15)11(2)18/h5-6,8-10H,3-4,7H2,1-2H3. The lowest BCUT2D eigenvalue weighted by Crippen LogP contribution is -2.03. The molecule has 0 amide bonds. The van der Waals surface area contributed by atoms with Gasteiger partial charge in [-0.3, -0.25) is 14.2 Å². The van der Waals surface area contributed by atoms with Crippen molar-refractivity contribution in [1.82, 2.24) is 4.57 Å². The fourth-order valence-corrected chi connectivity index (χ4v) is 2.01. The predicted molar refractivity (Wildman–Crippen MR) is 74.0 cm³/mol. The molecule has 0 saturated heterocycles. The summed E-state index contributed by atoms with van der Waals surface area (Å²) in [5.41, 5.74) is 1.24. The molecule has 0 saturated carbocycles. The Hall–Kier alpha value is -2.10. The molecular formula is C15H17NO3. The normalized spacial score (nSPS) is 10.6. The third-order valence-electron chi connectivity index (χ3n) is 3.04. The Kier molecular flexibility index (Phi) is 4.00. The number of unbranched alkanes of at least 4 members (excludes halogenated alkanes) is 1. The van der Waals surface area contributed by atoms with Crippen LogP contribution in [0.1, 0.15) is 41.8 Å². The maximum atomic E-state index is 11.5. The van der Waals surface area contributed by atoms with Gasteiger partial charge >= 0.3 is 0 Å². The van der Waals surface area contributed by atoms with Crippen molar-refractivity contribution in [2.45, 2.75) is 26.7 Å². The molecule has 2 aromatic rings. The molecule has 1 aromatic carbocycles. The van der Waals surface area contributed by atoms with Crippen LogP contribution in [-0.4, -0.2) is 23.4 Å². The fourth-order valence-electron chi connectivity index (χ4n) is 2.01. The average molecular weight is 259 g/mol. The number of aromatic nitrogens is 1. The molecule has 4 heteroatoms. The molecular weight excluding hydrogens is 242 g/mol. The summed E-state index contributed by atoms with van der Waals surface area (Å²) in [7, 11) is 0. The van der Waals surface area contributed by atoms with Gasteiger partial charge in [0.25, 0.3) is 0 Å². The van der Waals surface area contributed by atoms with E-state index in [1.165, 1.54) is 11.5 Å². The van der Waals surface area contributed by atoms with Crippen LogP contribution in [0, 0.1) is 0 Å². The third kappa shape index (κ3) is 2.67. The highest BCUT2D eigenvalue weighted by Crippen LogP contribution is 2.25. The summed E-state index contributed by atoms with van der Waals surface area (Å²) in [4.78, 5) is 22.6. The van der Waals surface area contributed by atoms with Crippen molar-refractivity contribution in [3.8, 4) is 5.75 Å². The van der Waals surface area contributed by atoms with E-state index in [-0.39, 0.29) is 5.91 Å². The van der Waals surface area contributed by atoms with Crippen LogP contribution in [0.25, 0.3) is 10.9 Å². The second-order valence-electron chi connectivity index (χ2n) is 4.47. The molecule has 0 aliphatic rings. The van der Waals surface area contributed by atoms with Crippen molar-refractivity contribution in [1.29, 1.82) is 0 Å². The Labute approximate surface area is 112 Å². The first-order valence-electron chi connectivity index (χ1n) is 6.41. The van der Waals surface area contributed by atoms with Gasteiger partial charge in [-0.05, 0) is 24.6 Å². The molecule has 0 radical (unpaired) electrons. The van der Waals surface area contributed by atoms with Gasteiger partial charge in [0.05, 0.1) is 12.1 Å². The zero-order valence-electron chi connectivity index (χ0n) is 11.2.